The van der Waals surface area contributed by atoms with Gasteiger partial charge in [-0.25, -0.2) is 0 Å². The smallest absolute Gasteiger partial charge is 0.308 e. The number of anilines is 1. The van der Waals surface area contributed by atoms with Crippen molar-refractivity contribution in [3.8, 4) is 0 Å². The Morgan fingerprint density at radius 2 is 1.95 bits per heavy atom. The van der Waals surface area contributed by atoms with Gasteiger partial charge in [-0.3, -0.25) is 9.59 Å². The lowest BCUT2D eigenvalue weighted by Gasteiger charge is -2.29. The molecule has 0 saturated heterocycles. The third-order valence-corrected chi connectivity index (χ3v) is 3.53. The average Bonchev–Trinajstić information content (AvgIpc) is 2.42. The molecule has 0 amide bonds. The van der Waals surface area contributed by atoms with Crippen molar-refractivity contribution in [3.05, 3.63) is 29.3 Å². The van der Waals surface area contributed by atoms with Gasteiger partial charge in [-0.15, -0.1) is 0 Å². The van der Waals surface area contributed by atoms with Crippen LogP contribution in [0.4, 0.5) is 5.69 Å². The Bertz CT molecular complexity index is 513. The van der Waals surface area contributed by atoms with Gasteiger partial charge in [-0.2, -0.15) is 0 Å². The number of aryl methyl sites for hydroxylation is 2. The molecule has 1 aromatic carbocycles. The van der Waals surface area contributed by atoms with Gasteiger partial charge in [0.05, 0.1) is 12.3 Å². The van der Waals surface area contributed by atoms with Crippen LogP contribution in [-0.4, -0.2) is 35.2 Å². The predicted octanol–water partition coefficient (Wildman–Crippen LogP) is 2.56. The fraction of sp³-hybridized carbons (Fsp3) is 0.500. The van der Waals surface area contributed by atoms with E-state index in [4.69, 9.17) is 10.2 Å². The van der Waals surface area contributed by atoms with Crippen molar-refractivity contribution in [2.45, 2.75) is 33.6 Å². The maximum absolute atomic E-state index is 11.1. The van der Waals surface area contributed by atoms with Crippen molar-refractivity contribution >= 4 is 17.6 Å². The number of hydrogen-bond acceptors (Lipinski definition) is 3. The van der Waals surface area contributed by atoms with E-state index in [0.717, 1.165) is 23.2 Å². The number of carboxylic acid groups (broad SMARTS) is 2. The van der Waals surface area contributed by atoms with E-state index in [2.05, 4.69) is 0 Å². The maximum atomic E-state index is 11.1. The van der Waals surface area contributed by atoms with Gasteiger partial charge in [-0.1, -0.05) is 32.0 Å². The first-order valence-electron chi connectivity index (χ1n) is 7.14. The molecule has 1 atom stereocenters. The van der Waals surface area contributed by atoms with Gasteiger partial charge >= 0.3 is 11.9 Å². The summed E-state index contributed by atoms with van der Waals surface area (Å²) in [5, 5.41) is 18.0. The number of aliphatic carboxylic acids is 2. The molecule has 0 aliphatic heterocycles. The minimum absolute atomic E-state index is 0.0101. The zero-order valence-corrected chi connectivity index (χ0v) is 12.8. The van der Waals surface area contributed by atoms with Gasteiger partial charge in [0, 0.05) is 18.8 Å². The molecule has 0 radical (unpaired) electrons. The average molecular weight is 293 g/mol. The van der Waals surface area contributed by atoms with Crippen LogP contribution in [0.5, 0.6) is 0 Å². The van der Waals surface area contributed by atoms with E-state index < -0.39 is 17.9 Å². The Kier molecular flexibility index (Phi) is 6.21. The molecule has 0 aliphatic carbocycles. The van der Waals surface area contributed by atoms with E-state index in [9.17, 15) is 9.59 Å². The largest absolute Gasteiger partial charge is 0.481 e. The topological polar surface area (TPSA) is 77.8 Å². The molecule has 1 unspecified atom stereocenters. The van der Waals surface area contributed by atoms with Gasteiger partial charge in [0.25, 0.3) is 0 Å². The Morgan fingerprint density at radius 3 is 2.48 bits per heavy atom. The zero-order chi connectivity index (χ0) is 16.0. The highest BCUT2D eigenvalue weighted by Crippen LogP contribution is 2.27. The number of benzene rings is 1. The van der Waals surface area contributed by atoms with Crippen LogP contribution >= 0.6 is 0 Å². The third kappa shape index (κ3) is 4.77. The summed E-state index contributed by atoms with van der Waals surface area (Å²) >= 11 is 0. The lowest BCUT2D eigenvalue weighted by atomic mass is 10.0. The van der Waals surface area contributed by atoms with Crippen LogP contribution in [-0.2, 0) is 16.0 Å². The Balaban J connectivity index is 3.10. The summed E-state index contributed by atoms with van der Waals surface area (Å²) in [6.07, 6.45) is 0.811. The number of carbonyl (C=O) groups is 2. The second kappa shape index (κ2) is 7.67. The second-order valence-electron chi connectivity index (χ2n) is 5.27. The number of nitrogens with zero attached hydrogens (tertiary/aromatic N) is 1. The SMILES string of the molecule is CCc1cccc(C)c1N(CCC(=O)O)CC(C)C(=O)O. The van der Waals surface area contributed by atoms with Crippen LogP contribution in [0.15, 0.2) is 18.2 Å². The third-order valence-electron chi connectivity index (χ3n) is 3.53. The van der Waals surface area contributed by atoms with Gasteiger partial charge in [-0.05, 0) is 24.5 Å². The molecule has 0 bridgehead atoms. The van der Waals surface area contributed by atoms with E-state index in [0.29, 0.717) is 13.1 Å². The van der Waals surface area contributed by atoms with Crippen LogP contribution in [0.25, 0.3) is 0 Å². The van der Waals surface area contributed by atoms with Gasteiger partial charge in [0.1, 0.15) is 0 Å². The van der Waals surface area contributed by atoms with Crippen LogP contribution < -0.4 is 4.90 Å². The molecule has 2 N–H and O–H groups in total. The first-order chi connectivity index (χ1) is 9.86. The van der Waals surface area contributed by atoms with E-state index in [1.54, 1.807) is 6.92 Å². The van der Waals surface area contributed by atoms with Crippen LogP contribution in [0.3, 0.4) is 0 Å². The van der Waals surface area contributed by atoms with E-state index in [1.807, 2.05) is 36.9 Å². The molecule has 1 rings (SSSR count). The van der Waals surface area contributed by atoms with E-state index >= 15 is 0 Å². The van der Waals surface area contributed by atoms with Crippen molar-refractivity contribution in [1.29, 1.82) is 0 Å². The predicted molar refractivity (Wildman–Crippen MR) is 81.8 cm³/mol. The van der Waals surface area contributed by atoms with Gasteiger partial charge in [0.2, 0.25) is 0 Å². The first kappa shape index (κ1) is 17.0. The summed E-state index contributed by atoms with van der Waals surface area (Å²) in [6, 6.07) is 5.93. The van der Waals surface area contributed by atoms with Crippen LogP contribution in [0.1, 0.15) is 31.4 Å². The number of carboxylic acids is 2. The highest BCUT2D eigenvalue weighted by atomic mass is 16.4. The Hall–Kier alpha value is -2.04. The normalized spacial score (nSPS) is 12.0. The number of rotatable bonds is 8. The molecule has 0 spiro atoms. The lowest BCUT2D eigenvalue weighted by molar-refractivity contribution is -0.140. The summed E-state index contributed by atoms with van der Waals surface area (Å²) in [4.78, 5) is 23.8. The minimum Gasteiger partial charge on any atom is -0.481 e. The van der Waals surface area contributed by atoms with Crippen molar-refractivity contribution < 1.29 is 19.8 Å². The number of para-hydroxylation sites is 1. The highest BCUT2D eigenvalue weighted by molar-refractivity contribution is 5.72. The molecule has 0 heterocycles. The molecule has 21 heavy (non-hydrogen) atoms. The van der Waals surface area contributed by atoms with Crippen molar-refractivity contribution in [2.24, 2.45) is 5.92 Å². The number of hydrogen-bond donors (Lipinski definition) is 2. The molecule has 0 aromatic heterocycles. The first-order valence-corrected chi connectivity index (χ1v) is 7.14. The molecule has 1 aromatic rings. The van der Waals surface area contributed by atoms with Gasteiger partial charge in [0.15, 0.2) is 0 Å². The Labute approximate surface area is 125 Å². The molecule has 5 nitrogen and oxygen atoms in total. The van der Waals surface area contributed by atoms with E-state index in [-0.39, 0.29) is 6.42 Å². The molecule has 0 saturated carbocycles. The van der Waals surface area contributed by atoms with Crippen molar-refractivity contribution in [2.75, 3.05) is 18.0 Å². The molecule has 0 aliphatic rings. The fourth-order valence-electron chi connectivity index (χ4n) is 2.39. The molecule has 0 fully saturated rings. The second-order valence-corrected chi connectivity index (χ2v) is 5.27. The molecular weight excluding hydrogens is 270 g/mol. The van der Waals surface area contributed by atoms with E-state index in [1.165, 1.54) is 0 Å². The monoisotopic (exact) mass is 293 g/mol. The molecular formula is C16H23NO4. The summed E-state index contributed by atoms with van der Waals surface area (Å²) in [7, 11) is 0. The lowest BCUT2D eigenvalue weighted by Crippen LogP contribution is -2.34. The summed E-state index contributed by atoms with van der Waals surface area (Å²) < 4.78 is 0. The molecule has 5 heteroatoms. The standard InChI is InChI=1S/C16H23NO4/c1-4-13-7-5-6-11(2)15(13)17(9-8-14(18)19)10-12(3)16(20)21/h5-7,12H,4,8-10H2,1-3H3,(H,18,19)(H,20,21). The summed E-state index contributed by atoms with van der Waals surface area (Å²) in [5.41, 5.74) is 3.12. The zero-order valence-electron chi connectivity index (χ0n) is 12.8. The summed E-state index contributed by atoms with van der Waals surface area (Å²) in [6.45, 7) is 6.26. The minimum atomic E-state index is -0.880. The molecule has 116 valence electrons. The quantitative estimate of drug-likeness (QED) is 0.770. The highest BCUT2D eigenvalue weighted by Gasteiger charge is 2.20. The fourth-order valence-corrected chi connectivity index (χ4v) is 2.39. The Morgan fingerprint density at radius 1 is 1.29 bits per heavy atom. The van der Waals surface area contributed by atoms with Crippen molar-refractivity contribution in [1.82, 2.24) is 0 Å². The van der Waals surface area contributed by atoms with Crippen LogP contribution in [0, 0.1) is 12.8 Å². The van der Waals surface area contributed by atoms with Crippen LogP contribution in [0.2, 0.25) is 0 Å². The van der Waals surface area contributed by atoms with Gasteiger partial charge < -0.3 is 15.1 Å². The van der Waals surface area contributed by atoms with Crippen molar-refractivity contribution in [3.63, 3.8) is 0 Å². The summed E-state index contributed by atoms with van der Waals surface area (Å²) in [5.74, 6) is -2.31. The maximum Gasteiger partial charge on any atom is 0.308 e.